The third-order valence-electron chi connectivity index (χ3n) is 9.09. The number of carbonyl (C=O) groups is 2. The zero-order valence-corrected chi connectivity index (χ0v) is 18.2. The van der Waals surface area contributed by atoms with Crippen molar-refractivity contribution in [2.75, 3.05) is 0 Å². The summed E-state index contributed by atoms with van der Waals surface area (Å²) in [6, 6.07) is 0. The second-order valence-corrected chi connectivity index (χ2v) is 11.0. The van der Waals surface area contributed by atoms with E-state index in [0.29, 0.717) is 17.8 Å². The quantitative estimate of drug-likeness (QED) is 0.490. The van der Waals surface area contributed by atoms with Crippen molar-refractivity contribution in [2.45, 2.75) is 91.8 Å². The molecule has 7 atom stereocenters. The van der Waals surface area contributed by atoms with Crippen LogP contribution in [0.2, 0.25) is 0 Å². The van der Waals surface area contributed by atoms with E-state index in [9.17, 15) is 9.59 Å². The maximum Gasteiger partial charge on any atom is 0.302 e. The fourth-order valence-electron chi connectivity index (χ4n) is 8.38. The van der Waals surface area contributed by atoms with Gasteiger partial charge in [-0.05, 0) is 67.6 Å². The molecule has 4 aliphatic rings. The molecule has 4 heteroatoms. The van der Waals surface area contributed by atoms with Crippen molar-refractivity contribution in [2.24, 2.45) is 34.0 Å². The van der Waals surface area contributed by atoms with Crippen molar-refractivity contribution >= 4 is 11.9 Å². The van der Waals surface area contributed by atoms with E-state index in [2.05, 4.69) is 27.4 Å². The molecule has 0 aliphatic heterocycles. The molecule has 28 heavy (non-hydrogen) atoms. The first kappa shape index (κ1) is 20.0. The Morgan fingerprint density at radius 1 is 1.04 bits per heavy atom. The van der Waals surface area contributed by atoms with Crippen molar-refractivity contribution in [3.05, 3.63) is 12.2 Å². The van der Waals surface area contributed by atoms with Gasteiger partial charge in [0.2, 0.25) is 0 Å². The molecule has 4 nitrogen and oxygen atoms in total. The summed E-state index contributed by atoms with van der Waals surface area (Å²) >= 11 is 0. The van der Waals surface area contributed by atoms with Gasteiger partial charge in [-0.3, -0.25) is 9.59 Å². The summed E-state index contributed by atoms with van der Waals surface area (Å²) in [5.74, 6) is 0.990. The minimum absolute atomic E-state index is 0.00984. The normalized spacial score (nSPS) is 46.3. The van der Waals surface area contributed by atoms with Crippen LogP contribution in [0.5, 0.6) is 0 Å². The smallest absolute Gasteiger partial charge is 0.302 e. The zero-order valence-electron chi connectivity index (χ0n) is 18.2. The molecule has 4 rings (SSSR count). The summed E-state index contributed by atoms with van der Waals surface area (Å²) in [4.78, 5) is 23.7. The average molecular weight is 389 g/mol. The molecule has 0 aromatic rings. The standard InChI is InChI=1S/C24H36O4/c1-14-12-24-10-7-19-22(4,5)20(28-16(3)26)8-9-23(19,6)21(24)18(27-15(2)25)11-17(14)13-24/h17-21H,1,7-13H2,2-6H3/t17?,18-,19+,20?,21-,23?,24?/m0/s1. The minimum Gasteiger partial charge on any atom is -0.462 e. The van der Waals surface area contributed by atoms with E-state index in [1.54, 1.807) is 6.92 Å². The summed E-state index contributed by atoms with van der Waals surface area (Å²) in [7, 11) is 0. The molecule has 0 radical (unpaired) electrons. The van der Waals surface area contributed by atoms with Crippen LogP contribution in [0.4, 0.5) is 0 Å². The molecular formula is C24H36O4. The molecular weight excluding hydrogens is 352 g/mol. The largest absolute Gasteiger partial charge is 0.462 e. The third kappa shape index (κ3) is 2.77. The maximum atomic E-state index is 12.0. The van der Waals surface area contributed by atoms with Gasteiger partial charge in [-0.1, -0.05) is 32.9 Å². The van der Waals surface area contributed by atoms with Gasteiger partial charge in [0, 0.05) is 25.2 Å². The fourth-order valence-corrected chi connectivity index (χ4v) is 8.38. The van der Waals surface area contributed by atoms with Crippen LogP contribution in [0, 0.1) is 34.0 Å². The highest BCUT2D eigenvalue weighted by atomic mass is 16.5. The Kier molecular flexibility index (Phi) is 4.52. The van der Waals surface area contributed by atoms with Gasteiger partial charge in [-0.25, -0.2) is 0 Å². The molecule has 0 aromatic carbocycles. The SMILES string of the molecule is C=C1CC23CC[C@@H]4C(C)(C)C(OC(C)=O)CCC4(C)[C@@H]2[C@@H](OC(C)=O)CC1C3. The first-order chi connectivity index (χ1) is 13.0. The van der Waals surface area contributed by atoms with Gasteiger partial charge in [0.05, 0.1) is 0 Å². The summed E-state index contributed by atoms with van der Waals surface area (Å²) in [6.45, 7) is 14.5. The first-order valence-corrected chi connectivity index (χ1v) is 11.0. The first-order valence-electron chi connectivity index (χ1n) is 11.0. The summed E-state index contributed by atoms with van der Waals surface area (Å²) < 4.78 is 11.8. The fraction of sp³-hybridized carbons (Fsp3) is 0.833. The van der Waals surface area contributed by atoms with E-state index in [4.69, 9.17) is 9.47 Å². The average Bonchev–Trinajstić information content (AvgIpc) is 2.79. The van der Waals surface area contributed by atoms with Crippen LogP contribution in [0.3, 0.4) is 0 Å². The van der Waals surface area contributed by atoms with Crippen LogP contribution in [0.15, 0.2) is 12.2 Å². The second kappa shape index (κ2) is 6.34. The number of fused-ring (bicyclic) bond motifs is 3. The number of rotatable bonds is 2. The number of carbonyl (C=O) groups excluding carboxylic acids is 2. The molecule has 156 valence electrons. The van der Waals surface area contributed by atoms with Gasteiger partial charge in [0.1, 0.15) is 12.2 Å². The molecule has 0 aromatic heterocycles. The molecule has 4 saturated carbocycles. The number of esters is 2. The lowest BCUT2D eigenvalue weighted by Crippen LogP contribution is -2.63. The lowest BCUT2D eigenvalue weighted by Gasteiger charge is -2.65. The molecule has 4 fully saturated rings. The summed E-state index contributed by atoms with van der Waals surface area (Å²) in [5, 5.41) is 0. The molecule has 2 bridgehead atoms. The third-order valence-corrected chi connectivity index (χ3v) is 9.09. The summed E-state index contributed by atoms with van der Waals surface area (Å²) in [6.07, 6.45) is 7.44. The Hall–Kier alpha value is -1.32. The van der Waals surface area contributed by atoms with Gasteiger partial charge in [0.15, 0.2) is 0 Å². The highest BCUT2D eigenvalue weighted by Crippen LogP contribution is 2.72. The van der Waals surface area contributed by atoms with E-state index < -0.39 is 0 Å². The van der Waals surface area contributed by atoms with Crippen LogP contribution in [-0.4, -0.2) is 24.1 Å². The van der Waals surface area contributed by atoms with Crippen molar-refractivity contribution in [1.82, 2.24) is 0 Å². The van der Waals surface area contributed by atoms with Gasteiger partial charge in [-0.15, -0.1) is 0 Å². The van der Waals surface area contributed by atoms with Crippen LogP contribution >= 0.6 is 0 Å². The van der Waals surface area contributed by atoms with Crippen molar-refractivity contribution in [3.63, 3.8) is 0 Å². The molecule has 0 N–H and O–H groups in total. The van der Waals surface area contributed by atoms with Gasteiger partial charge in [0.25, 0.3) is 0 Å². The van der Waals surface area contributed by atoms with Crippen LogP contribution in [0.1, 0.15) is 79.6 Å². The number of hydrogen-bond donors (Lipinski definition) is 0. The molecule has 1 spiro atoms. The zero-order chi connectivity index (χ0) is 20.5. The molecule has 4 aliphatic carbocycles. The van der Waals surface area contributed by atoms with E-state index in [1.807, 2.05) is 0 Å². The van der Waals surface area contributed by atoms with E-state index >= 15 is 0 Å². The number of ether oxygens (including phenoxy) is 2. The number of hydrogen-bond acceptors (Lipinski definition) is 4. The van der Waals surface area contributed by atoms with Crippen LogP contribution in [-0.2, 0) is 19.1 Å². The Labute approximate surface area is 169 Å². The second-order valence-electron chi connectivity index (χ2n) is 11.0. The van der Waals surface area contributed by atoms with Crippen LogP contribution < -0.4 is 0 Å². The Balaban J connectivity index is 1.73. The molecule has 0 heterocycles. The predicted molar refractivity (Wildman–Crippen MR) is 107 cm³/mol. The molecule has 0 saturated heterocycles. The van der Waals surface area contributed by atoms with E-state index in [-0.39, 0.29) is 40.4 Å². The Morgan fingerprint density at radius 3 is 2.36 bits per heavy atom. The highest BCUT2D eigenvalue weighted by Gasteiger charge is 2.68. The van der Waals surface area contributed by atoms with Gasteiger partial charge >= 0.3 is 11.9 Å². The lowest BCUT2D eigenvalue weighted by atomic mass is 9.40. The topological polar surface area (TPSA) is 52.6 Å². The van der Waals surface area contributed by atoms with Crippen molar-refractivity contribution in [1.29, 1.82) is 0 Å². The monoisotopic (exact) mass is 388 g/mol. The van der Waals surface area contributed by atoms with Gasteiger partial charge in [-0.2, -0.15) is 0 Å². The minimum atomic E-state index is -0.181. The Morgan fingerprint density at radius 2 is 1.71 bits per heavy atom. The number of allylic oxidation sites excluding steroid dienone is 1. The van der Waals surface area contributed by atoms with Gasteiger partial charge < -0.3 is 9.47 Å². The van der Waals surface area contributed by atoms with E-state index in [0.717, 1.165) is 32.1 Å². The lowest BCUT2D eigenvalue weighted by molar-refractivity contribution is -0.222. The van der Waals surface area contributed by atoms with Crippen molar-refractivity contribution in [3.8, 4) is 0 Å². The van der Waals surface area contributed by atoms with Crippen LogP contribution in [0.25, 0.3) is 0 Å². The highest BCUT2D eigenvalue weighted by molar-refractivity contribution is 5.66. The molecule has 0 amide bonds. The molecule has 4 unspecified atom stereocenters. The van der Waals surface area contributed by atoms with Crippen molar-refractivity contribution < 1.29 is 19.1 Å². The predicted octanol–water partition coefficient (Wildman–Crippen LogP) is 5.06. The Bertz CT molecular complexity index is 709. The van der Waals surface area contributed by atoms with E-state index in [1.165, 1.54) is 25.3 Å². The maximum absolute atomic E-state index is 12.0. The summed E-state index contributed by atoms with van der Waals surface area (Å²) in [5.41, 5.74) is 1.62.